The molecule has 0 aliphatic carbocycles. The molecule has 3 heterocycles. The van der Waals surface area contributed by atoms with Gasteiger partial charge >= 0.3 is 0 Å². The summed E-state index contributed by atoms with van der Waals surface area (Å²) in [7, 11) is -0.468. The lowest BCUT2D eigenvalue weighted by Crippen LogP contribution is -2.25. The predicted molar refractivity (Wildman–Crippen MR) is 41.6 cm³/mol. The molecule has 1 unspecified atom stereocenters. The van der Waals surface area contributed by atoms with Gasteiger partial charge in [0, 0.05) is 10.8 Å². The summed E-state index contributed by atoms with van der Waals surface area (Å²) in [5.74, 6) is 1.39. The molecule has 0 saturated carbocycles. The van der Waals surface area contributed by atoms with Gasteiger partial charge in [0.05, 0.1) is 9.16 Å². The fourth-order valence-corrected chi connectivity index (χ4v) is 5.84. The van der Waals surface area contributed by atoms with Crippen molar-refractivity contribution in [3.05, 3.63) is 0 Å². The van der Waals surface area contributed by atoms with Crippen molar-refractivity contribution < 1.29 is 4.21 Å². The molecule has 0 aromatic rings. The summed E-state index contributed by atoms with van der Waals surface area (Å²) in [4.78, 5) is 0. The molecule has 3 rings (SSSR count). The van der Waals surface area contributed by atoms with Crippen LogP contribution < -0.4 is 0 Å². The molecule has 0 N–H and O–H groups in total. The van der Waals surface area contributed by atoms with Gasteiger partial charge in [-0.3, -0.25) is 4.21 Å². The van der Waals surface area contributed by atoms with Crippen LogP contribution in [0.4, 0.5) is 0 Å². The Morgan fingerprint density at radius 2 is 1.67 bits per heavy atom. The predicted octanol–water partition coefficient (Wildman–Crippen LogP) is 1.42. The molecule has 0 aromatic carbocycles. The Bertz CT molecular complexity index is 152. The normalized spacial score (nSPS) is 63.6. The van der Waals surface area contributed by atoms with Crippen molar-refractivity contribution in [2.45, 2.75) is 23.0 Å². The Balaban J connectivity index is 2.27. The van der Waals surface area contributed by atoms with E-state index < -0.39 is 10.8 Å². The summed E-state index contributed by atoms with van der Waals surface area (Å²) < 4.78 is 12.1. The molecule has 0 spiro atoms. The second-order valence-corrected chi connectivity index (χ2v) is 6.48. The van der Waals surface area contributed by atoms with Gasteiger partial charge in [-0.2, -0.15) is 0 Å². The maximum atomic E-state index is 11.1. The third kappa shape index (κ3) is 0.598. The topological polar surface area (TPSA) is 17.1 Å². The average molecular weight is 162 g/mol. The molecule has 0 amide bonds. The highest BCUT2D eigenvalue weighted by Crippen LogP contribution is 2.56. The molecule has 2 bridgehead atoms. The molecule has 3 aliphatic rings. The number of hydrogen-bond acceptors (Lipinski definition) is 2. The average Bonchev–Trinajstić information content (AvgIpc) is 2.18. The second kappa shape index (κ2) is 1.76. The molecule has 5 atom stereocenters. The van der Waals surface area contributed by atoms with Crippen molar-refractivity contribution in [3.8, 4) is 0 Å². The minimum atomic E-state index is -0.468. The first-order valence-electron chi connectivity index (χ1n) is 3.26. The molecule has 3 aliphatic heterocycles. The van der Waals surface area contributed by atoms with Crippen molar-refractivity contribution in [1.29, 1.82) is 0 Å². The first kappa shape index (κ1) is 6.23. The van der Waals surface area contributed by atoms with Crippen LogP contribution in [0.15, 0.2) is 0 Å². The Morgan fingerprint density at radius 1 is 1.22 bits per heavy atom. The van der Waals surface area contributed by atoms with Crippen molar-refractivity contribution in [3.63, 3.8) is 0 Å². The molecular weight excluding hydrogens is 152 g/mol. The smallest absolute Gasteiger partial charge is 0.0853 e. The highest BCUT2D eigenvalue weighted by molar-refractivity contribution is 8.27. The highest BCUT2D eigenvalue weighted by Gasteiger charge is 2.55. The fourth-order valence-electron chi connectivity index (χ4n) is 1.49. The van der Waals surface area contributed by atoms with Gasteiger partial charge in [0.2, 0.25) is 0 Å². The van der Waals surface area contributed by atoms with Gasteiger partial charge in [-0.05, 0) is 11.8 Å². The lowest BCUT2D eigenvalue weighted by atomic mass is 10.0. The Morgan fingerprint density at radius 3 is 1.78 bits per heavy atom. The summed E-state index contributed by atoms with van der Waals surface area (Å²) in [5, 5.41) is 0. The number of hydrogen-bond donors (Lipinski definition) is 0. The van der Waals surface area contributed by atoms with E-state index in [2.05, 4.69) is 13.8 Å². The van der Waals surface area contributed by atoms with Gasteiger partial charge in [0.15, 0.2) is 0 Å². The van der Waals surface area contributed by atoms with Crippen molar-refractivity contribution in [2.24, 2.45) is 11.8 Å². The summed E-state index contributed by atoms with van der Waals surface area (Å²) in [6.07, 6.45) is 0. The van der Waals surface area contributed by atoms with Crippen molar-refractivity contribution in [1.82, 2.24) is 0 Å². The minimum absolute atomic E-state index is 0.468. The van der Waals surface area contributed by atoms with Crippen LogP contribution >= 0.6 is 11.8 Å². The number of rotatable bonds is 0. The lowest BCUT2D eigenvalue weighted by molar-refractivity contribution is 0.491. The monoisotopic (exact) mass is 162 g/mol. The van der Waals surface area contributed by atoms with E-state index in [9.17, 15) is 4.21 Å². The molecule has 52 valence electrons. The van der Waals surface area contributed by atoms with Gasteiger partial charge < -0.3 is 0 Å². The van der Waals surface area contributed by atoms with E-state index in [0.29, 0.717) is 21.0 Å². The van der Waals surface area contributed by atoms with E-state index in [1.165, 1.54) is 0 Å². The van der Waals surface area contributed by atoms with E-state index in [1.54, 1.807) is 0 Å². The van der Waals surface area contributed by atoms with Gasteiger partial charge in [-0.15, -0.1) is 11.8 Å². The van der Waals surface area contributed by atoms with E-state index in [4.69, 9.17) is 0 Å². The maximum Gasteiger partial charge on any atom is 0.0853 e. The zero-order valence-electron chi connectivity index (χ0n) is 5.53. The molecule has 1 nitrogen and oxygen atoms in total. The van der Waals surface area contributed by atoms with Crippen LogP contribution in [-0.2, 0) is 10.8 Å². The summed E-state index contributed by atoms with van der Waals surface area (Å²) in [5.41, 5.74) is 0. The molecular formula is C6H10OS2. The highest BCUT2D eigenvalue weighted by atomic mass is 32.3. The van der Waals surface area contributed by atoms with Gasteiger partial charge in [0.1, 0.15) is 0 Å². The minimum Gasteiger partial charge on any atom is -0.257 e. The zero-order chi connectivity index (χ0) is 6.59. The third-order valence-electron chi connectivity index (χ3n) is 2.41. The number of thioether (sulfide) groups is 1. The molecule has 3 heteroatoms. The van der Waals surface area contributed by atoms with Gasteiger partial charge in [0.25, 0.3) is 0 Å². The summed E-state index contributed by atoms with van der Waals surface area (Å²) >= 11 is 1.92. The van der Waals surface area contributed by atoms with Crippen molar-refractivity contribution in [2.75, 3.05) is 0 Å². The maximum absolute atomic E-state index is 11.1. The molecule has 9 heavy (non-hydrogen) atoms. The summed E-state index contributed by atoms with van der Waals surface area (Å²) in [6, 6.07) is 0. The van der Waals surface area contributed by atoms with E-state index >= 15 is 0 Å². The third-order valence-corrected chi connectivity index (χ3v) is 7.39. The van der Waals surface area contributed by atoms with Crippen LogP contribution in [0.2, 0.25) is 0 Å². The van der Waals surface area contributed by atoms with Crippen LogP contribution in [0, 0.1) is 11.8 Å². The van der Waals surface area contributed by atoms with E-state index in [-0.39, 0.29) is 0 Å². The molecule has 3 saturated heterocycles. The Kier molecular flexibility index (Phi) is 1.21. The lowest BCUT2D eigenvalue weighted by Gasteiger charge is -2.22. The SMILES string of the molecule is C[C@H]1[C@H](C)[C@@H]2S[C@H]1S2=O. The quantitative estimate of drug-likeness (QED) is 0.536. The Hall–Kier alpha value is 0.500. The van der Waals surface area contributed by atoms with Gasteiger partial charge in [-0.1, -0.05) is 13.8 Å². The van der Waals surface area contributed by atoms with Crippen molar-refractivity contribution >= 4 is 22.6 Å². The van der Waals surface area contributed by atoms with Crippen LogP contribution in [0.1, 0.15) is 13.8 Å². The fraction of sp³-hybridized carbons (Fsp3) is 1.00. The van der Waals surface area contributed by atoms with Gasteiger partial charge in [-0.25, -0.2) is 0 Å². The molecule has 3 fully saturated rings. The number of fused-ring (bicyclic) bond motifs is 1. The van der Waals surface area contributed by atoms with Crippen LogP contribution in [0.3, 0.4) is 0 Å². The summed E-state index contributed by atoms with van der Waals surface area (Å²) in [6.45, 7) is 4.43. The molecule has 0 radical (unpaired) electrons. The van der Waals surface area contributed by atoms with E-state index in [1.807, 2.05) is 11.8 Å². The zero-order valence-corrected chi connectivity index (χ0v) is 7.17. The first-order valence-corrected chi connectivity index (χ1v) is 5.48. The van der Waals surface area contributed by atoms with Crippen LogP contribution in [0.25, 0.3) is 0 Å². The second-order valence-electron chi connectivity index (χ2n) is 2.92. The standard InChI is InChI=1S/C6H10OS2/c1-3-4(2)6-8-5(3)9(6)7/h3-6H,1-2H3/t3-,4-,5-,6+,9?/m0/s1. The largest absolute Gasteiger partial charge is 0.257 e. The van der Waals surface area contributed by atoms with E-state index in [0.717, 1.165) is 0 Å². The van der Waals surface area contributed by atoms with Crippen LogP contribution in [-0.4, -0.2) is 13.4 Å². The first-order chi connectivity index (χ1) is 4.22. The van der Waals surface area contributed by atoms with Crippen LogP contribution in [0.5, 0.6) is 0 Å². The molecule has 0 aromatic heterocycles. The Labute approximate surface area is 62.0 Å².